The van der Waals surface area contributed by atoms with Crippen LogP contribution in [0.1, 0.15) is 44.3 Å². The average Bonchev–Trinajstić information content (AvgIpc) is 3.09. The Morgan fingerprint density at radius 1 is 1.52 bits per heavy atom. The first-order valence-electron chi connectivity index (χ1n) is 7.17. The van der Waals surface area contributed by atoms with Gasteiger partial charge in [-0.15, -0.1) is 5.10 Å². The van der Waals surface area contributed by atoms with E-state index < -0.39 is 18.1 Å². The Morgan fingerprint density at radius 2 is 2.19 bits per heavy atom. The van der Waals surface area contributed by atoms with Crippen molar-refractivity contribution in [2.75, 3.05) is 0 Å². The van der Waals surface area contributed by atoms with Gasteiger partial charge in [0.25, 0.3) is 0 Å². The summed E-state index contributed by atoms with van der Waals surface area (Å²) >= 11 is 0. The van der Waals surface area contributed by atoms with Crippen LogP contribution >= 0.6 is 0 Å². The minimum atomic E-state index is -1.09. The predicted octanol–water partition coefficient (Wildman–Crippen LogP) is -0.148. The third kappa shape index (κ3) is 4.01. The molecule has 2 atom stereocenters. The van der Waals surface area contributed by atoms with E-state index in [9.17, 15) is 9.59 Å². The van der Waals surface area contributed by atoms with Gasteiger partial charge < -0.3 is 16.2 Å². The van der Waals surface area contributed by atoms with Crippen LogP contribution < -0.4 is 11.1 Å². The zero-order chi connectivity index (χ0) is 15.4. The van der Waals surface area contributed by atoms with Crippen molar-refractivity contribution in [1.82, 2.24) is 20.3 Å². The van der Waals surface area contributed by atoms with Gasteiger partial charge >= 0.3 is 5.97 Å². The number of carboxylic acids is 1. The standard InChI is InChI=1S/C13H21N5O3/c1-8(12(19)15-9-4-2-3-5-9)18-7-10(16-17-18)6-11(14)13(20)21/h7-9,11H,2-6,14H2,1H3,(H,15,19)(H,20,21). The SMILES string of the molecule is CC(C(=O)NC1CCCC1)n1cc(CC(N)C(=O)O)nn1. The Morgan fingerprint density at radius 3 is 2.81 bits per heavy atom. The molecule has 1 amide bonds. The molecule has 1 heterocycles. The summed E-state index contributed by atoms with van der Waals surface area (Å²) in [5.41, 5.74) is 5.91. The maximum absolute atomic E-state index is 12.1. The van der Waals surface area contributed by atoms with Crippen molar-refractivity contribution in [2.24, 2.45) is 5.73 Å². The number of carboxylic acid groups (broad SMARTS) is 1. The van der Waals surface area contributed by atoms with Crippen LogP contribution in [-0.2, 0) is 16.0 Å². The molecule has 0 aromatic carbocycles. The van der Waals surface area contributed by atoms with Gasteiger partial charge in [-0.3, -0.25) is 9.59 Å². The van der Waals surface area contributed by atoms with E-state index in [1.165, 1.54) is 4.68 Å². The molecule has 4 N–H and O–H groups in total. The molecule has 1 aliphatic rings. The topological polar surface area (TPSA) is 123 Å². The minimum Gasteiger partial charge on any atom is -0.480 e. The number of hydrogen-bond donors (Lipinski definition) is 3. The van der Waals surface area contributed by atoms with E-state index >= 15 is 0 Å². The predicted molar refractivity (Wildman–Crippen MR) is 74.4 cm³/mol. The lowest BCUT2D eigenvalue weighted by Crippen LogP contribution is -2.37. The van der Waals surface area contributed by atoms with Crippen LogP contribution in [-0.4, -0.2) is 44.1 Å². The highest BCUT2D eigenvalue weighted by atomic mass is 16.4. The number of nitrogens with two attached hydrogens (primary N) is 1. The number of aromatic nitrogens is 3. The highest BCUT2D eigenvalue weighted by Crippen LogP contribution is 2.18. The molecule has 0 bridgehead atoms. The van der Waals surface area contributed by atoms with Gasteiger partial charge in [0, 0.05) is 18.7 Å². The number of nitrogens with one attached hydrogen (secondary N) is 1. The van der Waals surface area contributed by atoms with E-state index in [1.807, 2.05) is 0 Å². The summed E-state index contributed by atoms with van der Waals surface area (Å²) in [6.07, 6.45) is 6.01. The first-order chi connectivity index (χ1) is 9.97. The molecule has 8 nitrogen and oxygen atoms in total. The van der Waals surface area contributed by atoms with Crippen LogP contribution in [0.25, 0.3) is 0 Å². The average molecular weight is 295 g/mol. The molecule has 0 aliphatic heterocycles. The van der Waals surface area contributed by atoms with Gasteiger partial charge in [-0.1, -0.05) is 18.1 Å². The maximum Gasteiger partial charge on any atom is 0.320 e. The summed E-state index contributed by atoms with van der Waals surface area (Å²) in [6.45, 7) is 1.74. The second kappa shape index (κ2) is 6.66. The van der Waals surface area contributed by atoms with Gasteiger partial charge in [0.1, 0.15) is 12.1 Å². The van der Waals surface area contributed by atoms with Crippen molar-refractivity contribution in [2.45, 2.75) is 57.2 Å². The molecule has 1 fully saturated rings. The van der Waals surface area contributed by atoms with Crippen molar-refractivity contribution >= 4 is 11.9 Å². The summed E-state index contributed by atoms with van der Waals surface area (Å²) in [5, 5.41) is 19.5. The van der Waals surface area contributed by atoms with Gasteiger partial charge in [-0.2, -0.15) is 0 Å². The van der Waals surface area contributed by atoms with Gasteiger partial charge in [-0.05, 0) is 19.8 Å². The lowest BCUT2D eigenvalue weighted by molar-refractivity contribution is -0.138. The number of aliphatic carboxylic acids is 1. The van der Waals surface area contributed by atoms with Crippen LogP contribution in [0.4, 0.5) is 0 Å². The third-order valence-corrected chi connectivity index (χ3v) is 3.78. The first kappa shape index (κ1) is 15.4. The zero-order valence-corrected chi connectivity index (χ0v) is 12.0. The number of amides is 1. The summed E-state index contributed by atoms with van der Waals surface area (Å²) in [6, 6.07) is -1.24. The lowest BCUT2D eigenvalue weighted by Gasteiger charge is -2.16. The van der Waals surface area contributed by atoms with Crippen LogP contribution in [0.15, 0.2) is 6.20 Å². The molecule has 2 rings (SSSR count). The molecule has 116 valence electrons. The van der Waals surface area contributed by atoms with E-state index in [0.29, 0.717) is 5.69 Å². The van der Waals surface area contributed by atoms with Crippen LogP contribution in [0.5, 0.6) is 0 Å². The van der Waals surface area contributed by atoms with Crippen molar-refractivity contribution in [3.8, 4) is 0 Å². The Kier molecular flexibility index (Phi) is 4.89. The van der Waals surface area contributed by atoms with E-state index in [4.69, 9.17) is 10.8 Å². The fraction of sp³-hybridized carbons (Fsp3) is 0.692. The molecule has 0 radical (unpaired) electrons. The van der Waals surface area contributed by atoms with Crippen molar-refractivity contribution < 1.29 is 14.7 Å². The smallest absolute Gasteiger partial charge is 0.320 e. The molecule has 0 saturated heterocycles. The quantitative estimate of drug-likeness (QED) is 0.670. The minimum absolute atomic E-state index is 0.0896. The number of carbonyl (C=O) groups excluding carboxylic acids is 1. The molecule has 1 aromatic rings. The van der Waals surface area contributed by atoms with Gasteiger partial charge in [0.05, 0.1) is 5.69 Å². The molecular weight excluding hydrogens is 274 g/mol. The normalized spacial score (nSPS) is 18.4. The number of rotatable bonds is 6. The van der Waals surface area contributed by atoms with Crippen molar-refractivity contribution in [3.05, 3.63) is 11.9 Å². The third-order valence-electron chi connectivity index (χ3n) is 3.78. The maximum atomic E-state index is 12.1. The fourth-order valence-corrected chi connectivity index (χ4v) is 2.42. The number of nitrogens with zero attached hydrogens (tertiary/aromatic N) is 3. The highest BCUT2D eigenvalue weighted by molar-refractivity contribution is 5.80. The van der Waals surface area contributed by atoms with Crippen molar-refractivity contribution in [3.63, 3.8) is 0 Å². The monoisotopic (exact) mass is 295 g/mol. The van der Waals surface area contributed by atoms with E-state index in [2.05, 4.69) is 15.6 Å². The second-order valence-electron chi connectivity index (χ2n) is 5.50. The fourth-order valence-electron chi connectivity index (χ4n) is 2.42. The second-order valence-corrected chi connectivity index (χ2v) is 5.50. The van der Waals surface area contributed by atoms with Gasteiger partial charge in [0.2, 0.25) is 5.91 Å². The Hall–Kier alpha value is -1.96. The molecule has 8 heteroatoms. The van der Waals surface area contributed by atoms with Crippen LogP contribution in [0.2, 0.25) is 0 Å². The first-order valence-corrected chi connectivity index (χ1v) is 7.17. The Balaban J connectivity index is 1.92. The van der Waals surface area contributed by atoms with Crippen LogP contribution in [0.3, 0.4) is 0 Å². The Labute approximate surface area is 122 Å². The van der Waals surface area contributed by atoms with Gasteiger partial charge in [-0.25, -0.2) is 4.68 Å². The summed E-state index contributed by atoms with van der Waals surface area (Å²) in [4.78, 5) is 22.8. The molecular formula is C13H21N5O3. The van der Waals surface area contributed by atoms with Crippen LogP contribution in [0, 0.1) is 0 Å². The molecule has 1 aliphatic carbocycles. The van der Waals surface area contributed by atoms with E-state index in [-0.39, 0.29) is 18.4 Å². The molecule has 21 heavy (non-hydrogen) atoms. The van der Waals surface area contributed by atoms with E-state index in [0.717, 1.165) is 25.7 Å². The Bertz CT molecular complexity index is 510. The number of hydrogen-bond acceptors (Lipinski definition) is 5. The number of carbonyl (C=O) groups is 2. The molecule has 1 aromatic heterocycles. The molecule has 2 unspecified atom stereocenters. The summed E-state index contributed by atoms with van der Waals surface area (Å²) in [5.74, 6) is -1.18. The molecule has 1 saturated carbocycles. The summed E-state index contributed by atoms with van der Waals surface area (Å²) < 4.78 is 1.44. The van der Waals surface area contributed by atoms with Gasteiger partial charge in [0.15, 0.2) is 0 Å². The summed E-state index contributed by atoms with van der Waals surface area (Å²) in [7, 11) is 0. The largest absolute Gasteiger partial charge is 0.480 e. The molecule has 0 spiro atoms. The van der Waals surface area contributed by atoms with E-state index in [1.54, 1.807) is 13.1 Å². The van der Waals surface area contributed by atoms with Crippen molar-refractivity contribution in [1.29, 1.82) is 0 Å². The zero-order valence-electron chi connectivity index (χ0n) is 12.0. The highest BCUT2D eigenvalue weighted by Gasteiger charge is 2.23. The lowest BCUT2D eigenvalue weighted by atomic mass is 10.2.